The minimum atomic E-state index is -3.49. The lowest BCUT2D eigenvalue weighted by atomic mass is 10.1. The molecule has 0 spiro atoms. The zero-order chi connectivity index (χ0) is 24.7. The number of esters is 1. The van der Waals surface area contributed by atoms with Crippen molar-refractivity contribution in [1.29, 1.82) is 0 Å². The van der Waals surface area contributed by atoms with Crippen LogP contribution in [0.4, 0.5) is 5.69 Å². The van der Waals surface area contributed by atoms with Crippen LogP contribution in [0.5, 0.6) is 0 Å². The maximum Gasteiger partial charge on any atom is 0.306 e. The van der Waals surface area contributed by atoms with E-state index in [9.17, 15) is 18.0 Å². The molecule has 0 aromatic heterocycles. The van der Waals surface area contributed by atoms with Crippen LogP contribution in [-0.4, -0.2) is 43.8 Å². The number of rotatable bonds is 8. The molecule has 34 heavy (non-hydrogen) atoms. The Bertz CT molecular complexity index is 1100. The van der Waals surface area contributed by atoms with Crippen molar-refractivity contribution in [3.05, 3.63) is 59.2 Å². The lowest BCUT2D eigenvalue weighted by Crippen LogP contribution is -2.31. The van der Waals surface area contributed by atoms with Crippen LogP contribution in [0.15, 0.2) is 47.4 Å². The van der Waals surface area contributed by atoms with E-state index in [1.54, 1.807) is 35.5 Å². The van der Waals surface area contributed by atoms with Crippen molar-refractivity contribution in [3.8, 4) is 0 Å². The molecule has 1 aliphatic heterocycles. The van der Waals surface area contributed by atoms with E-state index in [0.717, 1.165) is 42.4 Å². The minimum Gasteiger partial charge on any atom is -0.453 e. The molecule has 2 aromatic carbocycles. The van der Waals surface area contributed by atoms with E-state index in [1.807, 2.05) is 32.0 Å². The van der Waals surface area contributed by atoms with E-state index in [4.69, 9.17) is 4.74 Å². The molecule has 1 heterocycles. The Morgan fingerprint density at radius 3 is 2.26 bits per heavy atom. The third-order valence-corrected chi connectivity index (χ3v) is 7.97. The molecule has 1 atom stereocenters. The number of sulfonamides is 1. The van der Waals surface area contributed by atoms with Crippen LogP contribution in [0, 0.1) is 13.8 Å². The van der Waals surface area contributed by atoms with E-state index < -0.39 is 22.1 Å². The van der Waals surface area contributed by atoms with Crippen LogP contribution in [-0.2, 0) is 30.8 Å². The Labute approximate surface area is 202 Å². The number of anilines is 1. The molecule has 0 aliphatic carbocycles. The second-order valence-corrected chi connectivity index (χ2v) is 10.8. The summed E-state index contributed by atoms with van der Waals surface area (Å²) < 4.78 is 32.6. The van der Waals surface area contributed by atoms with Gasteiger partial charge in [0.25, 0.3) is 5.91 Å². The summed E-state index contributed by atoms with van der Waals surface area (Å²) in [7, 11) is -3.49. The predicted molar refractivity (Wildman–Crippen MR) is 132 cm³/mol. The molecule has 7 nitrogen and oxygen atoms in total. The van der Waals surface area contributed by atoms with Gasteiger partial charge in [0.05, 0.1) is 4.90 Å². The molecule has 2 aromatic rings. The first-order valence-electron chi connectivity index (χ1n) is 11.8. The van der Waals surface area contributed by atoms with Gasteiger partial charge in [-0.2, -0.15) is 4.31 Å². The number of nitrogens with one attached hydrogen (secondary N) is 1. The van der Waals surface area contributed by atoms with E-state index in [2.05, 4.69) is 5.32 Å². The Kier molecular flexibility index (Phi) is 8.85. The van der Waals surface area contributed by atoms with E-state index in [-0.39, 0.29) is 17.2 Å². The summed E-state index contributed by atoms with van der Waals surface area (Å²) in [6, 6.07) is 12.4. The molecule has 1 fully saturated rings. The molecule has 0 saturated carbocycles. The number of benzene rings is 2. The number of nitrogens with zero attached hydrogens (tertiary/aromatic N) is 1. The molecule has 1 amide bonds. The van der Waals surface area contributed by atoms with Crippen molar-refractivity contribution < 1.29 is 22.7 Å². The molecule has 184 valence electrons. The van der Waals surface area contributed by atoms with Crippen LogP contribution in [0.25, 0.3) is 0 Å². The predicted octanol–water partition coefficient (Wildman–Crippen LogP) is 4.37. The Balaban J connectivity index is 1.50. The third-order valence-electron chi connectivity index (χ3n) is 6.06. The average molecular weight is 487 g/mol. The molecule has 8 heteroatoms. The summed E-state index contributed by atoms with van der Waals surface area (Å²) in [6.45, 7) is 6.55. The van der Waals surface area contributed by atoms with Gasteiger partial charge in [-0.25, -0.2) is 8.42 Å². The minimum absolute atomic E-state index is 0.0966. The van der Waals surface area contributed by atoms with Crippen LogP contribution < -0.4 is 5.32 Å². The zero-order valence-corrected chi connectivity index (χ0v) is 21.0. The Hall–Kier alpha value is -2.71. The van der Waals surface area contributed by atoms with Crippen LogP contribution in [0.3, 0.4) is 0 Å². The number of hydrogen-bond acceptors (Lipinski definition) is 5. The second kappa shape index (κ2) is 11.6. The van der Waals surface area contributed by atoms with Crippen molar-refractivity contribution in [3.63, 3.8) is 0 Å². The third kappa shape index (κ3) is 6.90. The first-order chi connectivity index (χ1) is 16.2. The van der Waals surface area contributed by atoms with Gasteiger partial charge in [-0.1, -0.05) is 42.7 Å². The van der Waals surface area contributed by atoms with Gasteiger partial charge < -0.3 is 10.1 Å². The second-order valence-electron chi connectivity index (χ2n) is 8.90. The number of hydrogen-bond donors (Lipinski definition) is 1. The molecule has 1 unspecified atom stereocenters. The monoisotopic (exact) mass is 486 g/mol. The smallest absolute Gasteiger partial charge is 0.306 e. The van der Waals surface area contributed by atoms with E-state index in [1.165, 1.54) is 0 Å². The van der Waals surface area contributed by atoms with Crippen LogP contribution in [0.1, 0.15) is 55.7 Å². The molecule has 0 bridgehead atoms. The first-order valence-corrected chi connectivity index (χ1v) is 13.3. The summed E-state index contributed by atoms with van der Waals surface area (Å²) >= 11 is 0. The highest BCUT2D eigenvalue weighted by molar-refractivity contribution is 7.89. The average Bonchev–Trinajstić information content (AvgIpc) is 3.10. The van der Waals surface area contributed by atoms with E-state index in [0.29, 0.717) is 25.2 Å². The Morgan fingerprint density at radius 2 is 1.65 bits per heavy atom. The van der Waals surface area contributed by atoms with Gasteiger partial charge >= 0.3 is 5.97 Å². The summed E-state index contributed by atoms with van der Waals surface area (Å²) in [5.41, 5.74) is 3.56. The fraction of sp³-hybridized carbons (Fsp3) is 0.462. The number of ether oxygens (including phenoxy) is 1. The van der Waals surface area contributed by atoms with Gasteiger partial charge in [-0.3, -0.25) is 9.59 Å². The number of carbonyl (C=O) groups excluding carboxylic acids is 2. The molecule has 1 saturated heterocycles. The van der Waals surface area contributed by atoms with Gasteiger partial charge in [0.15, 0.2) is 6.10 Å². The number of aryl methyl sites for hydroxylation is 3. The summed E-state index contributed by atoms with van der Waals surface area (Å²) in [6.07, 6.45) is 3.48. The highest BCUT2D eigenvalue weighted by atomic mass is 32.2. The number of amides is 1. The van der Waals surface area contributed by atoms with Crippen molar-refractivity contribution >= 4 is 27.6 Å². The van der Waals surface area contributed by atoms with Gasteiger partial charge in [0.1, 0.15) is 0 Å². The largest absolute Gasteiger partial charge is 0.453 e. The maximum absolute atomic E-state index is 12.9. The summed E-state index contributed by atoms with van der Waals surface area (Å²) in [5, 5.41) is 2.79. The maximum atomic E-state index is 12.9. The highest BCUT2D eigenvalue weighted by Gasteiger charge is 2.25. The molecule has 3 rings (SSSR count). The fourth-order valence-corrected chi connectivity index (χ4v) is 5.52. The lowest BCUT2D eigenvalue weighted by molar-refractivity contribution is -0.153. The highest BCUT2D eigenvalue weighted by Crippen LogP contribution is 2.21. The van der Waals surface area contributed by atoms with Gasteiger partial charge in [0, 0.05) is 25.2 Å². The van der Waals surface area contributed by atoms with Crippen LogP contribution >= 0.6 is 0 Å². The topological polar surface area (TPSA) is 92.8 Å². The Morgan fingerprint density at radius 1 is 1.00 bits per heavy atom. The van der Waals surface area contributed by atoms with Crippen molar-refractivity contribution in [2.75, 3.05) is 18.4 Å². The quantitative estimate of drug-likeness (QED) is 0.559. The van der Waals surface area contributed by atoms with E-state index >= 15 is 0 Å². The summed E-state index contributed by atoms with van der Waals surface area (Å²) in [4.78, 5) is 24.9. The first kappa shape index (κ1) is 25.9. The van der Waals surface area contributed by atoms with Gasteiger partial charge in [-0.05, 0) is 69.4 Å². The van der Waals surface area contributed by atoms with Crippen molar-refractivity contribution in [2.45, 2.75) is 70.3 Å². The standard InChI is InChI=1S/C26H34N2O5S/c1-19-8-14-24(20(2)18-19)27-26(30)21(3)33-25(29)15-11-22-9-12-23(13-10-22)34(31,32)28-16-6-4-5-7-17-28/h8-10,12-14,18,21H,4-7,11,15-17H2,1-3H3,(H,27,30). The SMILES string of the molecule is Cc1ccc(NC(=O)C(C)OC(=O)CCc2ccc(S(=O)(=O)N3CCCCCC3)cc2)c(C)c1. The lowest BCUT2D eigenvalue weighted by Gasteiger charge is -2.20. The van der Waals surface area contributed by atoms with Gasteiger partial charge in [-0.15, -0.1) is 0 Å². The van der Waals surface area contributed by atoms with Gasteiger partial charge in [0.2, 0.25) is 10.0 Å². The molecule has 1 aliphatic rings. The molecular formula is C26H34N2O5S. The normalized spacial score (nSPS) is 15.9. The zero-order valence-electron chi connectivity index (χ0n) is 20.2. The van der Waals surface area contributed by atoms with Crippen LogP contribution in [0.2, 0.25) is 0 Å². The number of carbonyl (C=O) groups is 2. The fourth-order valence-electron chi connectivity index (χ4n) is 4.00. The summed E-state index contributed by atoms with van der Waals surface area (Å²) in [5.74, 6) is -0.868. The molecule has 1 N–H and O–H groups in total. The molecule has 0 radical (unpaired) electrons. The van der Waals surface area contributed by atoms with Crippen molar-refractivity contribution in [1.82, 2.24) is 4.31 Å². The van der Waals surface area contributed by atoms with Crippen molar-refractivity contribution in [2.24, 2.45) is 0 Å². The molecular weight excluding hydrogens is 452 g/mol.